The largest absolute Gasteiger partial charge is 0.480 e. The smallest absolute Gasteiger partial charge is 0.328 e. The first kappa shape index (κ1) is 13.2. The lowest BCUT2D eigenvalue weighted by atomic mass is 10.2. The molecule has 0 spiro atoms. The van der Waals surface area contributed by atoms with Crippen LogP contribution >= 0.6 is 0 Å². The molecule has 1 unspecified atom stereocenters. The Balaban J connectivity index is 2.25. The minimum absolute atomic E-state index is 0.0593. The van der Waals surface area contributed by atoms with E-state index in [4.69, 9.17) is 10.2 Å². The molecule has 0 aromatic heterocycles. The highest BCUT2D eigenvalue weighted by Gasteiger charge is 2.22. The van der Waals surface area contributed by atoms with E-state index in [1.54, 1.807) is 0 Å². The van der Waals surface area contributed by atoms with E-state index >= 15 is 0 Å². The summed E-state index contributed by atoms with van der Waals surface area (Å²) in [4.78, 5) is 32.6. The number of aliphatic hydroxyl groups is 1. The van der Waals surface area contributed by atoms with Crippen LogP contribution in [0, 0.1) is 0 Å². The van der Waals surface area contributed by atoms with Crippen molar-refractivity contribution < 1.29 is 24.6 Å². The van der Waals surface area contributed by atoms with Crippen LogP contribution in [0.15, 0.2) is 0 Å². The van der Waals surface area contributed by atoms with Gasteiger partial charge in [0, 0.05) is 19.0 Å². The number of aliphatic carboxylic acids is 1. The molecule has 1 saturated heterocycles. The first-order valence-corrected chi connectivity index (χ1v) is 5.20. The van der Waals surface area contributed by atoms with Gasteiger partial charge in [0.25, 0.3) is 0 Å². The van der Waals surface area contributed by atoms with Crippen LogP contribution in [-0.4, -0.2) is 53.4 Å². The molecule has 0 aromatic carbocycles. The molecule has 8 heteroatoms. The lowest BCUT2D eigenvalue weighted by molar-refractivity contribution is -0.140. The number of carbonyl (C=O) groups excluding carboxylic acids is 2. The summed E-state index contributed by atoms with van der Waals surface area (Å²) in [5.74, 6) is -1.37. The van der Waals surface area contributed by atoms with Crippen LogP contribution in [0.4, 0.5) is 4.79 Å². The van der Waals surface area contributed by atoms with Gasteiger partial charge in [-0.2, -0.15) is 0 Å². The number of amides is 3. The van der Waals surface area contributed by atoms with Crippen LogP contribution in [0.1, 0.15) is 12.8 Å². The van der Waals surface area contributed by atoms with Gasteiger partial charge in [-0.1, -0.05) is 0 Å². The number of carbonyl (C=O) groups is 3. The first-order chi connectivity index (χ1) is 8.02. The van der Waals surface area contributed by atoms with Crippen molar-refractivity contribution in [1.29, 1.82) is 0 Å². The molecule has 1 fully saturated rings. The van der Waals surface area contributed by atoms with E-state index in [-0.39, 0.29) is 18.5 Å². The van der Waals surface area contributed by atoms with Gasteiger partial charge in [-0.05, 0) is 6.42 Å². The zero-order valence-corrected chi connectivity index (χ0v) is 9.10. The van der Waals surface area contributed by atoms with Crippen molar-refractivity contribution in [2.24, 2.45) is 0 Å². The van der Waals surface area contributed by atoms with Gasteiger partial charge >= 0.3 is 12.0 Å². The summed E-state index contributed by atoms with van der Waals surface area (Å²) in [6.45, 7) is -0.446. The fourth-order valence-corrected chi connectivity index (χ4v) is 1.44. The lowest BCUT2D eigenvalue weighted by Gasteiger charge is -2.15. The fraction of sp³-hybridized carbons (Fsp3) is 0.667. The molecule has 1 aliphatic heterocycles. The number of carboxylic acids is 1. The molecule has 17 heavy (non-hydrogen) atoms. The van der Waals surface area contributed by atoms with Crippen molar-refractivity contribution >= 4 is 17.9 Å². The molecule has 1 heterocycles. The number of carboxylic acid groups (broad SMARTS) is 1. The van der Waals surface area contributed by atoms with Gasteiger partial charge in [0.05, 0.1) is 6.61 Å². The van der Waals surface area contributed by atoms with Crippen molar-refractivity contribution in [1.82, 2.24) is 16.0 Å². The van der Waals surface area contributed by atoms with Gasteiger partial charge in [-0.25, -0.2) is 9.59 Å². The summed E-state index contributed by atoms with van der Waals surface area (Å²) < 4.78 is 0. The lowest BCUT2D eigenvalue weighted by Crippen LogP contribution is -2.50. The summed E-state index contributed by atoms with van der Waals surface area (Å²) in [5.41, 5.74) is 0. The van der Waals surface area contributed by atoms with Crippen LogP contribution in [-0.2, 0) is 9.59 Å². The Morgan fingerprint density at radius 1 is 1.53 bits per heavy atom. The molecule has 0 radical (unpaired) electrons. The maximum atomic E-state index is 11.2. The molecule has 3 amide bonds. The number of aliphatic hydroxyl groups excluding tert-OH is 1. The van der Waals surface area contributed by atoms with Crippen molar-refractivity contribution in [2.45, 2.75) is 24.9 Å². The third-order valence-corrected chi connectivity index (χ3v) is 2.38. The quantitative estimate of drug-likeness (QED) is 0.383. The standard InChI is InChI=1S/C9H15N3O5/c13-4-6(8(15)16)12-9(17)10-3-5-1-2-7(14)11-5/h5-6,13H,1-4H2,(H,11,14)(H,15,16)(H2,10,12,17)/t5?,6-/m0/s1. The van der Waals surface area contributed by atoms with E-state index in [9.17, 15) is 14.4 Å². The van der Waals surface area contributed by atoms with Crippen LogP contribution in [0.5, 0.6) is 0 Å². The summed E-state index contributed by atoms with van der Waals surface area (Å²) in [5, 5.41) is 24.4. The van der Waals surface area contributed by atoms with E-state index in [2.05, 4.69) is 16.0 Å². The zero-order chi connectivity index (χ0) is 12.8. The van der Waals surface area contributed by atoms with Crippen molar-refractivity contribution in [2.75, 3.05) is 13.2 Å². The highest BCUT2D eigenvalue weighted by molar-refractivity contribution is 5.82. The molecule has 0 bridgehead atoms. The van der Waals surface area contributed by atoms with Crippen molar-refractivity contribution in [3.8, 4) is 0 Å². The molecule has 0 aromatic rings. The van der Waals surface area contributed by atoms with Crippen LogP contribution in [0.2, 0.25) is 0 Å². The maximum absolute atomic E-state index is 11.2. The normalized spacial score (nSPS) is 20.5. The van der Waals surface area contributed by atoms with Gasteiger partial charge in [-0.3, -0.25) is 4.79 Å². The van der Waals surface area contributed by atoms with Crippen molar-refractivity contribution in [3.05, 3.63) is 0 Å². The number of nitrogens with one attached hydrogen (secondary N) is 3. The highest BCUT2D eigenvalue weighted by Crippen LogP contribution is 2.04. The van der Waals surface area contributed by atoms with Gasteiger partial charge < -0.3 is 26.2 Å². The molecule has 8 nitrogen and oxygen atoms in total. The van der Waals surface area contributed by atoms with Crippen LogP contribution in [0.25, 0.3) is 0 Å². The molecular weight excluding hydrogens is 230 g/mol. The van der Waals surface area contributed by atoms with Crippen LogP contribution < -0.4 is 16.0 Å². The Kier molecular flexibility index (Phi) is 4.70. The summed E-state index contributed by atoms with van der Waals surface area (Å²) in [7, 11) is 0. The monoisotopic (exact) mass is 245 g/mol. The molecule has 1 aliphatic rings. The Morgan fingerprint density at radius 3 is 2.71 bits per heavy atom. The molecular formula is C9H15N3O5. The van der Waals surface area contributed by atoms with E-state index in [1.807, 2.05) is 0 Å². The topological polar surface area (TPSA) is 128 Å². The van der Waals surface area contributed by atoms with E-state index in [0.717, 1.165) is 0 Å². The molecule has 0 aliphatic carbocycles. The number of urea groups is 1. The van der Waals surface area contributed by atoms with Crippen molar-refractivity contribution in [3.63, 3.8) is 0 Å². The third-order valence-electron chi connectivity index (χ3n) is 2.38. The molecule has 0 saturated carbocycles. The Morgan fingerprint density at radius 2 is 2.24 bits per heavy atom. The summed E-state index contributed by atoms with van der Waals surface area (Å²) in [6.07, 6.45) is 1.07. The van der Waals surface area contributed by atoms with Gasteiger partial charge in [0.2, 0.25) is 5.91 Å². The van der Waals surface area contributed by atoms with Gasteiger partial charge in [-0.15, -0.1) is 0 Å². The average molecular weight is 245 g/mol. The van der Waals surface area contributed by atoms with Gasteiger partial charge in [0.15, 0.2) is 6.04 Å². The Bertz CT molecular complexity index is 320. The first-order valence-electron chi connectivity index (χ1n) is 5.20. The SMILES string of the molecule is O=C1CCC(CNC(=O)N[C@@H](CO)C(=O)O)N1. The highest BCUT2D eigenvalue weighted by atomic mass is 16.4. The minimum Gasteiger partial charge on any atom is -0.480 e. The Labute approximate surface area is 97.4 Å². The number of hydrogen-bond acceptors (Lipinski definition) is 4. The molecule has 5 N–H and O–H groups in total. The predicted octanol–water partition coefficient (Wildman–Crippen LogP) is -1.99. The second kappa shape index (κ2) is 6.04. The maximum Gasteiger partial charge on any atom is 0.328 e. The number of hydrogen-bond donors (Lipinski definition) is 5. The van der Waals surface area contributed by atoms with E-state index < -0.39 is 24.6 Å². The van der Waals surface area contributed by atoms with Crippen LogP contribution in [0.3, 0.4) is 0 Å². The molecule has 1 rings (SSSR count). The van der Waals surface area contributed by atoms with Gasteiger partial charge in [0.1, 0.15) is 0 Å². The molecule has 96 valence electrons. The predicted molar refractivity (Wildman–Crippen MR) is 56.2 cm³/mol. The summed E-state index contributed by atoms with van der Waals surface area (Å²) in [6, 6.07) is -2.13. The molecule has 2 atom stereocenters. The second-order valence-corrected chi connectivity index (χ2v) is 3.73. The van der Waals surface area contributed by atoms with E-state index in [1.165, 1.54) is 0 Å². The zero-order valence-electron chi connectivity index (χ0n) is 9.10. The Hall–Kier alpha value is -1.83. The van der Waals surface area contributed by atoms with E-state index in [0.29, 0.717) is 12.8 Å². The summed E-state index contributed by atoms with van der Waals surface area (Å²) >= 11 is 0. The minimum atomic E-state index is -1.33. The number of rotatable bonds is 5. The average Bonchev–Trinajstić information content (AvgIpc) is 2.68. The third kappa shape index (κ3) is 4.27. The second-order valence-electron chi connectivity index (χ2n) is 3.73. The fourth-order valence-electron chi connectivity index (χ4n) is 1.44.